The Morgan fingerprint density at radius 1 is 1.28 bits per heavy atom. The van der Waals surface area contributed by atoms with Crippen LogP contribution in [0.1, 0.15) is 30.9 Å². The molecule has 1 aromatic heterocycles. The number of aromatic nitrogens is 2. The molecule has 0 saturated carbocycles. The van der Waals surface area contributed by atoms with E-state index in [1.165, 1.54) is 6.08 Å². The molecular formula is C22H27N5O2. The fourth-order valence-corrected chi connectivity index (χ4v) is 3.34. The smallest absolute Gasteiger partial charge is 0.224 e. The number of rotatable bonds is 7. The maximum Gasteiger partial charge on any atom is 0.224 e. The molecule has 0 atom stereocenters. The van der Waals surface area contributed by atoms with E-state index in [1.54, 1.807) is 13.1 Å². The highest BCUT2D eigenvalue weighted by molar-refractivity contribution is 5.92. The highest BCUT2D eigenvalue weighted by atomic mass is 16.2. The predicted octanol–water partition coefficient (Wildman–Crippen LogP) is 3.25. The SMILES string of the molecule is C=CC(=O)Cc1ccccc1Nc1nc(NC2CCN(C(C)=O)CC2)ncc1C. The molecule has 0 bridgehead atoms. The molecule has 0 aliphatic carbocycles. The van der Waals surface area contributed by atoms with Gasteiger partial charge >= 0.3 is 0 Å². The third-order valence-electron chi connectivity index (χ3n) is 5.11. The lowest BCUT2D eigenvalue weighted by atomic mass is 10.1. The highest BCUT2D eigenvalue weighted by Gasteiger charge is 2.21. The van der Waals surface area contributed by atoms with E-state index in [0.29, 0.717) is 11.8 Å². The van der Waals surface area contributed by atoms with Gasteiger partial charge in [0.1, 0.15) is 5.82 Å². The van der Waals surface area contributed by atoms with Crippen LogP contribution in [0.15, 0.2) is 43.1 Å². The van der Waals surface area contributed by atoms with E-state index in [4.69, 9.17) is 0 Å². The lowest BCUT2D eigenvalue weighted by Crippen LogP contribution is -2.41. The van der Waals surface area contributed by atoms with Crippen molar-refractivity contribution in [2.75, 3.05) is 23.7 Å². The lowest BCUT2D eigenvalue weighted by Gasteiger charge is -2.31. The molecule has 3 rings (SSSR count). The second-order valence-electron chi connectivity index (χ2n) is 7.28. The van der Waals surface area contributed by atoms with Gasteiger partial charge < -0.3 is 15.5 Å². The van der Waals surface area contributed by atoms with Gasteiger partial charge in [0.25, 0.3) is 0 Å². The molecule has 0 spiro atoms. The first-order valence-corrected chi connectivity index (χ1v) is 9.82. The monoisotopic (exact) mass is 393 g/mol. The fourth-order valence-electron chi connectivity index (χ4n) is 3.34. The molecule has 2 heterocycles. The molecule has 1 aromatic carbocycles. The molecular weight excluding hydrogens is 366 g/mol. The van der Waals surface area contributed by atoms with E-state index in [2.05, 4.69) is 27.2 Å². The summed E-state index contributed by atoms with van der Waals surface area (Å²) in [6.45, 7) is 8.58. The van der Waals surface area contributed by atoms with Crippen LogP contribution in [0.3, 0.4) is 0 Å². The van der Waals surface area contributed by atoms with Crippen molar-refractivity contribution in [2.24, 2.45) is 0 Å². The van der Waals surface area contributed by atoms with Crippen molar-refractivity contribution in [2.45, 2.75) is 39.2 Å². The number of nitrogens with zero attached hydrogens (tertiary/aromatic N) is 3. The van der Waals surface area contributed by atoms with Crippen LogP contribution in [-0.4, -0.2) is 45.7 Å². The van der Waals surface area contributed by atoms with Gasteiger partial charge in [0.05, 0.1) is 0 Å². The van der Waals surface area contributed by atoms with Crippen molar-refractivity contribution < 1.29 is 9.59 Å². The van der Waals surface area contributed by atoms with Gasteiger partial charge in [-0.25, -0.2) is 4.98 Å². The number of benzene rings is 1. The van der Waals surface area contributed by atoms with Crippen LogP contribution in [0.25, 0.3) is 0 Å². The van der Waals surface area contributed by atoms with E-state index in [-0.39, 0.29) is 24.2 Å². The molecule has 1 fully saturated rings. The zero-order valence-electron chi connectivity index (χ0n) is 16.9. The minimum atomic E-state index is -0.0297. The first-order chi connectivity index (χ1) is 14.0. The van der Waals surface area contributed by atoms with Crippen LogP contribution < -0.4 is 10.6 Å². The van der Waals surface area contributed by atoms with Crippen molar-refractivity contribution in [3.63, 3.8) is 0 Å². The van der Waals surface area contributed by atoms with Crippen molar-refractivity contribution in [1.82, 2.24) is 14.9 Å². The van der Waals surface area contributed by atoms with Crippen LogP contribution in [0.4, 0.5) is 17.5 Å². The van der Waals surface area contributed by atoms with Crippen LogP contribution in [-0.2, 0) is 16.0 Å². The Morgan fingerprint density at radius 3 is 2.69 bits per heavy atom. The molecule has 29 heavy (non-hydrogen) atoms. The van der Waals surface area contributed by atoms with E-state index in [9.17, 15) is 9.59 Å². The number of carbonyl (C=O) groups excluding carboxylic acids is 2. The van der Waals surface area contributed by atoms with Gasteiger partial charge in [-0.3, -0.25) is 9.59 Å². The molecule has 2 N–H and O–H groups in total. The number of piperidine rings is 1. The van der Waals surface area contributed by atoms with E-state index in [0.717, 1.165) is 42.7 Å². The third kappa shape index (κ3) is 5.40. The average molecular weight is 393 g/mol. The number of likely N-dealkylation sites (tertiary alicyclic amines) is 1. The summed E-state index contributed by atoms with van der Waals surface area (Å²) in [6, 6.07) is 7.91. The van der Waals surface area contributed by atoms with Crippen molar-refractivity contribution >= 4 is 29.1 Å². The van der Waals surface area contributed by atoms with E-state index in [1.807, 2.05) is 36.1 Å². The molecule has 7 heteroatoms. The average Bonchev–Trinajstić information content (AvgIpc) is 2.72. The fraction of sp³-hybridized carbons (Fsp3) is 0.364. The normalized spacial score (nSPS) is 14.3. The van der Waals surface area contributed by atoms with Crippen molar-refractivity contribution in [3.05, 3.63) is 54.2 Å². The largest absolute Gasteiger partial charge is 0.351 e. The minimum Gasteiger partial charge on any atom is -0.351 e. The van der Waals surface area contributed by atoms with Crippen LogP contribution in [0, 0.1) is 6.92 Å². The third-order valence-corrected chi connectivity index (χ3v) is 5.11. The number of hydrogen-bond acceptors (Lipinski definition) is 6. The Morgan fingerprint density at radius 2 is 2.00 bits per heavy atom. The van der Waals surface area contributed by atoms with Gasteiger partial charge in [-0.15, -0.1) is 0 Å². The summed E-state index contributed by atoms with van der Waals surface area (Å²) >= 11 is 0. The zero-order chi connectivity index (χ0) is 20.8. The first-order valence-electron chi connectivity index (χ1n) is 9.82. The molecule has 1 aliphatic rings. The molecule has 1 saturated heterocycles. The van der Waals surface area contributed by atoms with Gasteiger partial charge in [-0.2, -0.15) is 4.98 Å². The topological polar surface area (TPSA) is 87.2 Å². The number of anilines is 3. The van der Waals surface area contributed by atoms with Crippen molar-refractivity contribution in [1.29, 1.82) is 0 Å². The maximum absolute atomic E-state index is 11.8. The summed E-state index contributed by atoms with van der Waals surface area (Å²) in [5.74, 6) is 1.34. The molecule has 0 unspecified atom stereocenters. The van der Waals surface area contributed by atoms with E-state index >= 15 is 0 Å². The number of ketones is 1. The molecule has 0 radical (unpaired) electrons. The van der Waals surface area contributed by atoms with Gasteiger partial charge in [0.15, 0.2) is 5.78 Å². The van der Waals surface area contributed by atoms with Gasteiger partial charge in [0, 0.05) is 49.9 Å². The number of amides is 1. The molecule has 1 aliphatic heterocycles. The number of allylic oxidation sites excluding steroid dienone is 1. The molecule has 2 aromatic rings. The van der Waals surface area contributed by atoms with Crippen LogP contribution in [0.2, 0.25) is 0 Å². The highest BCUT2D eigenvalue weighted by Crippen LogP contribution is 2.24. The summed E-state index contributed by atoms with van der Waals surface area (Å²) in [7, 11) is 0. The van der Waals surface area contributed by atoms with Gasteiger partial charge in [-0.05, 0) is 37.5 Å². The van der Waals surface area contributed by atoms with Crippen LogP contribution in [0.5, 0.6) is 0 Å². The quantitative estimate of drug-likeness (QED) is 0.702. The van der Waals surface area contributed by atoms with Crippen LogP contribution >= 0.6 is 0 Å². The predicted molar refractivity (Wildman–Crippen MR) is 114 cm³/mol. The summed E-state index contributed by atoms with van der Waals surface area (Å²) in [6.07, 6.45) is 5.14. The number of para-hydroxylation sites is 1. The maximum atomic E-state index is 11.8. The Balaban J connectivity index is 1.71. The Kier molecular flexibility index (Phi) is 6.59. The van der Waals surface area contributed by atoms with Gasteiger partial charge in [-0.1, -0.05) is 24.8 Å². The molecule has 152 valence electrons. The Hall–Kier alpha value is -3.22. The number of nitrogens with one attached hydrogen (secondary N) is 2. The standard InChI is InChI=1S/C22H27N5O2/c1-4-19(29)13-17-7-5-6-8-20(17)25-21-15(2)14-23-22(26-21)24-18-9-11-27(12-10-18)16(3)28/h4-8,14,18H,1,9-13H2,2-3H3,(H2,23,24,25,26). The second kappa shape index (κ2) is 9.32. The zero-order valence-corrected chi connectivity index (χ0v) is 16.9. The van der Waals surface area contributed by atoms with E-state index < -0.39 is 0 Å². The van der Waals surface area contributed by atoms with Crippen molar-refractivity contribution in [3.8, 4) is 0 Å². The number of carbonyl (C=O) groups is 2. The summed E-state index contributed by atoms with van der Waals surface area (Å²) in [4.78, 5) is 34.2. The summed E-state index contributed by atoms with van der Waals surface area (Å²) in [5.41, 5.74) is 2.64. The van der Waals surface area contributed by atoms with Gasteiger partial charge in [0.2, 0.25) is 11.9 Å². The Labute approximate surface area is 171 Å². The number of hydrogen-bond donors (Lipinski definition) is 2. The summed E-state index contributed by atoms with van der Waals surface area (Å²) < 4.78 is 0. The number of aryl methyl sites for hydroxylation is 1. The Bertz CT molecular complexity index is 904. The lowest BCUT2D eigenvalue weighted by molar-refractivity contribution is -0.129. The molecule has 1 amide bonds. The first kappa shape index (κ1) is 20.5. The summed E-state index contributed by atoms with van der Waals surface area (Å²) in [5, 5.41) is 6.72. The minimum absolute atomic E-state index is 0.0297. The molecule has 7 nitrogen and oxygen atoms in total. The second-order valence-corrected chi connectivity index (χ2v) is 7.28.